The quantitative estimate of drug-likeness (QED) is 0.290. The van der Waals surface area contributed by atoms with Gasteiger partial charge in [0.25, 0.3) is 0 Å². The van der Waals surface area contributed by atoms with Crippen molar-refractivity contribution >= 4 is 0 Å². The summed E-state index contributed by atoms with van der Waals surface area (Å²) in [6.07, 6.45) is 9.44. The van der Waals surface area contributed by atoms with Crippen LogP contribution in [-0.2, 0) is 0 Å². The molecular weight excluding hydrogens is 492 g/mol. The molecule has 2 aromatic carbocycles. The maximum absolute atomic E-state index is 12.1. The monoisotopic (exact) mass is 541 g/mol. The molecule has 2 heterocycles. The first-order valence-electron chi connectivity index (χ1n) is 14.0. The minimum absolute atomic E-state index is 0. The van der Waals surface area contributed by atoms with Crippen LogP contribution in [0.2, 0.25) is 0 Å². The van der Waals surface area contributed by atoms with Crippen LogP contribution in [0.25, 0.3) is 0 Å². The molecule has 39 heavy (non-hydrogen) atoms. The van der Waals surface area contributed by atoms with Crippen molar-refractivity contribution in [3.63, 3.8) is 0 Å². The third-order valence-corrected chi connectivity index (χ3v) is 7.15. The number of hydrogen-bond acceptors (Lipinski definition) is 3. The van der Waals surface area contributed by atoms with Crippen molar-refractivity contribution < 1.29 is 33.9 Å². The van der Waals surface area contributed by atoms with Gasteiger partial charge in [0.2, 0.25) is 0 Å². The van der Waals surface area contributed by atoms with Crippen molar-refractivity contribution in [3.05, 3.63) is 116 Å². The Morgan fingerprint density at radius 2 is 1.69 bits per heavy atom. The largest absolute Gasteiger partial charge is 1.00 e. The molecule has 3 nitrogen and oxygen atoms in total. The molecule has 1 N–H and O–H groups in total. The summed E-state index contributed by atoms with van der Waals surface area (Å²) in [6, 6.07) is 19.5. The molecule has 208 valence electrons. The number of allylic oxidation sites excluding steroid dienone is 1. The van der Waals surface area contributed by atoms with E-state index in [2.05, 4.69) is 86.3 Å². The maximum atomic E-state index is 12.1. The molecule has 0 spiro atoms. The minimum Gasteiger partial charge on any atom is -0.378 e. The second-order valence-electron chi connectivity index (χ2n) is 10.6. The van der Waals surface area contributed by atoms with Crippen LogP contribution < -0.4 is 34.9 Å². The standard InChI is InChI=1S/C17H18N.C12H21N.C5H10FN.Na/c1-13(2)18-17(15-7-5-4-6-8-15)16-11-9-14(3)10-12-16;1-4-7-12-9-8-11(5-2)10-13(12)6-3;1-7-3-2-5(6)4-7;/h4-12,17-18H,1,3H2,2H3;5-6,11-12H,2-4,7-10H2,1H3;5H,2-4H2,1H3;/q-1;;;+1. The summed E-state index contributed by atoms with van der Waals surface area (Å²) >= 11 is 0. The summed E-state index contributed by atoms with van der Waals surface area (Å²) in [5.41, 5.74) is 4.44. The van der Waals surface area contributed by atoms with E-state index in [1.165, 1.54) is 36.8 Å². The van der Waals surface area contributed by atoms with Gasteiger partial charge in [0.05, 0.1) is 6.04 Å². The fraction of sp³-hybridized carbons (Fsp3) is 0.441. The normalized spacial score (nSPS) is 21.1. The molecule has 4 atom stereocenters. The fourth-order valence-corrected chi connectivity index (χ4v) is 4.99. The summed E-state index contributed by atoms with van der Waals surface area (Å²) < 4.78 is 12.1. The Labute approximate surface area is 260 Å². The zero-order valence-electron chi connectivity index (χ0n) is 24.9. The second kappa shape index (κ2) is 19.2. The zero-order chi connectivity index (χ0) is 27.9. The number of nitrogens with one attached hydrogen (secondary N) is 1. The summed E-state index contributed by atoms with van der Waals surface area (Å²) in [5, 5.41) is 3.42. The molecule has 0 radical (unpaired) electrons. The van der Waals surface area contributed by atoms with Gasteiger partial charge in [-0.25, -0.2) is 4.39 Å². The Morgan fingerprint density at radius 1 is 1.05 bits per heavy atom. The molecule has 0 bridgehead atoms. The van der Waals surface area contributed by atoms with E-state index in [4.69, 9.17) is 0 Å². The van der Waals surface area contributed by atoms with Gasteiger partial charge in [0.15, 0.2) is 0 Å². The van der Waals surface area contributed by atoms with Crippen LogP contribution in [0, 0.1) is 12.8 Å². The van der Waals surface area contributed by atoms with Crippen LogP contribution in [0.3, 0.4) is 0 Å². The Morgan fingerprint density at radius 3 is 2.15 bits per heavy atom. The van der Waals surface area contributed by atoms with Gasteiger partial charge in [-0.2, -0.15) is 24.6 Å². The summed E-state index contributed by atoms with van der Waals surface area (Å²) in [5.74, 6) is 0.672. The van der Waals surface area contributed by atoms with Gasteiger partial charge in [-0.1, -0.05) is 62.9 Å². The van der Waals surface area contributed by atoms with E-state index in [1.54, 1.807) is 0 Å². The van der Waals surface area contributed by atoms with E-state index in [1.807, 2.05) is 43.3 Å². The molecule has 0 aromatic heterocycles. The number of piperidine rings is 1. The predicted octanol–water partition coefficient (Wildman–Crippen LogP) is 4.94. The predicted molar refractivity (Wildman–Crippen MR) is 163 cm³/mol. The van der Waals surface area contributed by atoms with Crippen LogP contribution in [-0.4, -0.2) is 48.7 Å². The van der Waals surface area contributed by atoms with Crippen molar-refractivity contribution in [2.75, 3.05) is 26.7 Å². The van der Waals surface area contributed by atoms with E-state index >= 15 is 0 Å². The summed E-state index contributed by atoms with van der Waals surface area (Å²) in [7, 11) is 1.94. The van der Waals surface area contributed by atoms with Gasteiger partial charge in [-0.3, -0.25) is 0 Å². The van der Waals surface area contributed by atoms with Crippen molar-refractivity contribution in [3.8, 4) is 0 Å². The van der Waals surface area contributed by atoms with E-state index in [0.717, 1.165) is 36.8 Å². The molecule has 2 aliphatic rings. The molecule has 0 aliphatic carbocycles. The smallest absolute Gasteiger partial charge is 0.378 e. The van der Waals surface area contributed by atoms with E-state index in [9.17, 15) is 4.39 Å². The van der Waals surface area contributed by atoms with Crippen LogP contribution in [0.15, 0.2) is 92.3 Å². The third kappa shape index (κ3) is 12.8. The average molecular weight is 542 g/mol. The van der Waals surface area contributed by atoms with E-state index in [0.29, 0.717) is 12.5 Å². The van der Waals surface area contributed by atoms with Gasteiger partial charge < -0.3 is 15.1 Å². The fourth-order valence-electron chi connectivity index (χ4n) is 4.99. The van der Waals surface area contributed by atoms with E-state index in [-0.39, 0.29) is 35.6 Å². The summed E-state index contributed by atoms with van der Waals surface area (Å²) in [4.78, 5) is 4.39. The van der Waals surface area contributed by atoms with Crippen molar-refractivity contribution in [2.45, 2.75) is 64.2 Å². The molecule has 4 rings (SSSR count). The molecular formula is C34H49FN3Na. The Kier molecular flexibility index (Phi) is 17.2. The van der Waals surface area contributed by atoms with Gasteiger partial charge in [0.1, 0.15) is 6.17 Å². The molecule has 2 saturated heterocycles. The van der Waals surface area contributed by atoms with Crippen molar-refractivity contribution in [1.29, 1.82) is 0 Å². The number of halogens is 1. The Hall–Kier alpha value is -1.98. The molecule has 2 aromatic rings. The number of rotatable bonds is 8. The second-order valence-corrected chi connectivity index (χ2v) is 10.6. The van der Waals surface area contributed by atoms with Crippen LogP contribution >= 0.6 is 0 Å². The number of alkyl halides is 1. The van der Waals surface area contributed by atoms with Crippen LogP contribution in [0.4, 0.5) is 4.39 Å². The first kappa shape index (κ1) is 35.0. The first-order chi connectivity index (χ1) is 18.3. The average Bonchev–Trinajstić information content (AvgIpc) is 3.31. The molecule has 0 saturated carbocycles. The SMILES string of the molecule is C=C(C)NC(c1ccccc1)c1ccc([CH2-])cc1.C=CC1CCC(CCC)N(C=C)C1.CN1CCC(F)C1.[Na+]. The molecule has 2 aliphatic heterocycles. The van der Waals surface area contributed by atoms with E-state index < -0.39 is 6.17 Å². The number of benzene rings is 2. The molecule has 4 unspecified atom stereocenters. The Balaban J connectivity index is 0.000000317. The molecule has 0 amide bonds. The van der Waals surface area contributed by atoms with Gasteiger partial charge in [-0.05, 0) is 62.9 Å². The first-order valence-corrected chi connectivity index (χ1v) is 14.0. The maximum Gasteiger partial charge on any atom is 1.00 e. The number of likely N-dealkylation sites (tertiary alicyclic amines) is 2. The summed E-state index contributed by atoms with van der Waals surface area (Å²) in [6.45, 7) is 22.5. The van der Waals surface area contributed by atoms with Gasteiger partial charge >= 0.3 is 29.6 Å². The number of nitrogens with zero attached hydrogens (tertiary/aromatic N) is 2. The Bertz CT molecular complexity index is 954. The number of hydrogen-bond donors (Lipinski definition) is 1. The molecule has 5 heteroatoms. The van der Waals surface area contributed by atoms with Crippen LogP contribution in [0.5, 0.6) is 0 Å². The molecule has 2 fully saturated rings. The van der Waals surface area contributed by atoms with Crippen LogP contribution in [0.1, 0.15) is 68.7 Å². The van der Waals surface area contributed by atoms with Gasteiger partial charge in [0, 0.05) is 31.4 Å². The topological polar surface area (TPSA) is 18.5 Å². The third-order valence-electron chi connectivity index (χ3n) is 7.15. The van der Waals surface area contributed by atoms with Crippen molar-refractivity contribution in [1.82, 2.24) is 15.1 Å². The van der Waals surface area contributed by atoms with Crippen molar-refractivity contribution in [2.24, 2.45) is 5.92 Å². The minimum atomic E-state index is -0.551. The van der Waals surface area contributed by atoms with Gasteiger partial charge in [-0.15, -0.1) is 18.7 Å². The zero-order valence-corrected chi connectivity index (χ0v) is 26.9.